The van der Waals surface area contributed by atoms with Crippen LogP contribution in [0.5, 0.6) is 5.75 Å². The molecule has 0 fully saturated rings. The standard InChI is InChI=1S/C21H19ClN2OS/c1-15-13-17(22)7-12-20(15)24-21(26)23-18-8-10-19(11-9-18)25-14-16-5-3-2-4-6-16/h2-13H,14H2,1H3,(H2,23,24,26). The van der Waals surface area contributed by atoms with Gasteiger partial charge in [0.25, 0.3) is 0 Å². The zero-order valence-electron chi connectivity index (χ0n) is 14.3. The SMILES string of the molecule is Cc1cc(Cl)ccc1NC(=S)Nc1ccc(OCc2ccccc2)cc1. The van der Waals surface area contributed by atoms with E-state index >= 15 is 0 Å². The van der Waals surface area contributed by atoms with Gasteiger partial charge in [-0.3, -0.25) is 0 Å². The lowest BCUT2D eigenvalue weighted by atomic mass is 10.2. The zero-order chi connectivity index (χ0) is 18.4. The molecule has 2 N–H and O–H groups in total. The van der Waals surface area contributed by atoms with E-state index in [0.29, 0.717) is 16.7 Å². The number of aryl methyl sites for hydroxylation is 1. The second kappa shape index (κ2) is 8.70. The quantitative estimate of drug-likeness (QED) is 0.527. The van der Waals surface area contributed by atoms with E-state index in [1.165, 1.54) is 0 Å². The first-order valence-electron chi connectivity index (χ1n) is 8.21. The highest BCUT2D eigenvalue weighted by molar-refractivity contribution is 7.80. The van der Waals surface area contributed by atoms with Crippen LogP contribution in [0.1, 0.15) is 11.1 Å². The number of benzene rings is 3. The van der Waals surface area contributed by atoms with Crippen LogP contribution in [0.15, 0.2) is 72.8 Å². The van der Waals surface area contributed by atoms with Gasteiger partial charge in [-0.05, 0) is 72.7 Å². The van der Waals surface area contributed by atoms with Crippen molar-refractivity contribution in [3.63, 3.8) is 0 Å². The van der Waals surface area contributed by atoms with Crippen LogP contribution in [0, 0.1) is 6.92 Å². The smallest absolute Gasteiger partial charge is 0.175 e. The molecule has 0 aliphatic rings. The molecular formula is C21H19ClN2OS. The van der Waals surface area contributed by atoms with Crippen molar-refractivity contribution in [2.45, 2.75) is 13.5 Å². The van der Waals surface area contributed by atoms with E-state index in [0.717, 1.165) is 28.3 Å². The summed E-state index contributed by atoms with van der Waals surface area (Å²) in [7, 11) is 0. The Morgan fingerprint density at radius 1 is 0.962 bits per heavy atom. The van der Waals surface area contributed by atoms with E-state index in [1.54, 1.807) is 0 Å². The number of hydrogen-bond acceptors (Lipinski definition) is 2. The predicted molar refractivity (Wildman–Crippen MR) is 113 cm³/mol. The number of rotatable bonds is 5. The van der Waals surface area contributed by atoms with Crippen LogP contribution in [0.25, 0.3) is 0 Å². The second-order valence-electron chi connectivity index (χ2n) is 5.84. The molecule has 0 atom stereocenters. The molecule has 0 bridgehead atoms. The Labute approximate surface area is 164 Å². The summed E-state index contributed by atoms with van der Waals surface area (Å²) in [5, 5.41) is 7.57. The third kappa shape index (κ3) is 5.22. The summed E-state index contributed by atoms with van der Waals surface area (Å²) >= 11 is 11.3. The molecule has 0 heterocycles. The van der Waals surface area contributed by atoms with Gasteiger partial charge in [0.2, 0.25) is 0 Å². The summed E-state index contributed by atoms with van der Waals surface area (Å²) in [4.78, 5) is 0. The minimum absolute atomic E-state index is 0.522. The molecule has 132 valence electrons. The lowest BCUT2D eigenvalue weighted by molar-refractivity contribution is 0.306. The second-order valence-corrected chi connectivity index (χ2v) is 6.68. The first kappa shape index (κ1) is 18.2. The van der Waals surface area contributed by atoms with Gasteiger partial charge in [-0.1, -0.05) is 41.9 Å². The maximum atomic E-state index is 5.97. The van der Waals surface area contributed by atoms with E-state index < -0.39 is 0 Å². The van der Waals surface area contributed by atoms with E-state index in [4.69, 9.17) is 28.6 Å². The topological polar surface area (TPSA) is 33.3 Å². The Bertz CT molecular complexity index is 882. The largest absolute Gasteiger partial charge is 0.489 e. The van der Waals surface area contributed by atoms with Crippen molar-refractivity contribution in [1.82, 2.24) is 0 Å². The number of nitrogens with one attached hydrogen (secondary N) is 2. The van der Waals surface area contributed by atoms with Gasteiger partial charge in [0, 0.05) is 16.4 Å². The molecule has 0 radical (unpaired) electrons. The Hall–Kier alpha value is -2.56. The van der Waals surface area contributed by atoms with Gasteiger partial charge in [-0.15, -0.1) is 0 Å². The third-order valence-corrected chi connectivity index (χ3v) is 4.24. The number of anilines is 2. The first-order chi connectivity index (χ1) is 12.6. The summed E-state index contributed by atoms with van der Waals surface area (Å²) in [6.07, 6.45) is 0. The first-order valence-corrected chi connectivity index (χ1v) is 9.00. The van der Waals surface area contributed by atoms with E-state index in [-0.39, 0.29) is 0 Å². The van der Waals surface area contributed by atoms with Crippen molar-refractivity contribution in [2.24, 2.45) is 0 Å². The third-order valence-electron chi connectivity index (χ3n) is 3.80. The summed E-state index contributed by atoms with van der Waals surface area (Å²) in [5.41, 5.74) is 3.99. The molecule has 0 aromatic heterocycles. The Morgan fingerprint density at radius 2 is 1.69 bits per heavy atom. The molecule has 0 saturated heterocycles. The normalized spacial score (nSPS) is 10.2. The molecule has 5 heteroatoms. The van der Waals surface area contributed by atoms with Gasteiger partial charge < -0.3 is 15.4 Å². The summed E-state index contributed by atoms with van der Waals surface area (Å²) < 4.78 is 5.79. The van der Waals surface area contributed by atoms with Crippen molar-refractivity contribution < 1.29 is 4.74 Å². The van der Waals surface area contributed by atoms with Crippen LogP contribution in [-0.4, -0.2) is 5.11 Å². The molecule has 0 unspecified atom stereocenters. The molecule has 3 nitrogen and oxygen atoms in total. The summed E-state index contributed by atoms with van der Waals surface area (Å²) in [5.74, 6) is 0.812. The molecule has 3 aromatic carbocycles. The number of halogens is 1. The van der Waals surface area contributed by atoms with Crippen LogP contribution in [0.3, 0.4) is 0 Å². The van der Waals surface area contributed by atoms with Gasteiger partial charge in [-0.2, -0.15) is 0 Å². The highest BCUT2D eigenvalue weighted by atomic mass is 35.5. The summed E-state index contributed by atoms with van der Waals surface area (Å²) in [6, 6.07) is 23.4. The molecule has 3 aromatic rings. The maximum absolute atomic E-state index is 5.97. The van der Waals surface area contributed by atoms with Gasteiger partial charge in [0.1, 0.15) is 12.4 Å². The van der Waals surface area contributed by atoms with Gasteiger partial charge in [0.15, 0.2) is 5.11 Å². The molecule has 0 saturated carbocycles. The molecule has 0 spiro atoms. The lowest BCUT2D eigenvalue weighted by Crippen LogP contribution is -2.19. The average Bonchev–Trinajstić information content (AvgIpc) is 2.64. The van der Waals surface area contributed by atoms with Crippen LogP contribution >= 0.6 is 23.8 Å². The van der Waals surface area contributed by atoms with Gasteiger partial charge in [-0.25, -0.2) is 0 Å². The molecule has 3 rings (SSSR count). The number of hydrogen-bond donors (Lipinski definition) is 2. The van der Waals surface area contributed by atoms with E-state index in [1.807, 2.05) is 79.7 Å². The molecular weight excluding hydrogens is 364 g/mol. The minimum atomic E-state index is 0.522. The maximum Gasteiger partial charge on any atom is 0.175 e. The predicted octanol–water partition coefficient (Wildman–Crippen LogP) is 6.04. The van der Waals surface area contributed by atoms with E-state index in [9.17, 15) is 0 Å². The number of ether oxygens (including phenoxy) is 1. The fourth-order valence-electron chi connectivity index (χ4n) is 2.43. The minimum Gasteiger partial charge on any atom is -0.489 e. The fourth-order valence-corrected chi connectivity index (χ4v) is 2.88. The van der Waals surface area contributed by atoms with Crippen LogP contribution in [0.4, 0.5) is 11.4 Å². The van der Waals surface area contributed by atoms with Crippen LogP contribution in [0.2, 0.25) is 5.02 Å². The van der Waals surface area contributed by atoms with Crippen molar-refractivity contribution >= 4 is 40.3 Å². The van der Waals surface area contributed by atoms with Crippen molar-refractivity contribution in [3.8, 4) is 5.75 Å². The fraction of sp³-hybridized carbons (Fsp3) is 0.0952. The van der Waals surface area contributed by atoms with Crippen molar-refractivity contribution in [3.05, 3.63) is 88.9 Å². The monoisotopic (exact) mass is 382 g/mol. The zero-order valence-corrected chi connectivity index (χ0v) is 15.9. The number of thiocarbonyl (C=S) groups is 1. The summed E-state index contributed by atoms with van der Waals surface area (Å²) in [6.45, 7) is 2.53. The molecule has 0 amide bonds. The lowest BCUT2D eigenvalue weighted by Gasteiger charge is -2.13. The van der Waals surface area contributed by atoms with Gasteiger partial charge >= 0.3 is 0 Å². The van der Waals surface area contributed by atoms with Crippen molar-refractivity contribution in [1.29, 1.82) is 0 Å². The molecule has 0 aliphatic carbocycles. The van der Waals surface area contributed by atoms with E-state index in [2.05, 4.69) is 10.6 Å². The highest BCUT2D eigenvalue weighted by Crippen LogP contribution is 2.21. The molecule has 26 heavy (non-hydrogen) atoms. The van der Waals surface area contributed by atoms with Crippen molar-refractivity contribution in [2.75, 3.05) is 10.6 Å². The van der Waals surface area contributed by atoms with Gasteiger partial charge in [0.05, 0.1) is 0 Å². The molecule has 0 aliphatic heterocycles. The van der Waals surface area contributed by atoms with Crippen LogP contribution in [-0.2, 0) is 6.61 Å². The Kier molecular flexibility index (Phi) is 6.10. The highest BCUT2D eigenvalue weighted by Gasteiger charge is 2.03. The average molecular weight is 383 g/mol. The Morgan fingerprint density at radius 3 is 2.38 bits per heavy atom. The Balaban J connectivity index is 1.54. The van der Waals surface area contributed by atoms with Crippen LogP contribution < -0.4 is 15.4 Å².